The second-order valence-electron chi connectivity index (χ2n) is 4.22. The van der Waals surface area contributed by atoms with Gasteiger partial charge in [-0.15, -0.1) is 0 Å². The molecule has 3 nitrogen and oxygen atoms in total. The van der Waals surface area contributed by atoms with Crippen LogP contribution in [0.4, 0.5) is 4.79 Å². The highest BCUT2D eigenvalue weighted by Crippen LogP contribution is 2.21. The van der Waals surface area contributed by atoms with Gasteiger partial charge in [0.1, 0.15) is 0 Å². The van der Waals surface area contributed by atoms with Crippen molar-refractivity contribution in [3.8, 4) is 0 Å². The Bertz CT molecular complexity index is 349. The number of nitrogens with zero attached hydrogens (tertiary/aromatic N) is 1. The van der Waals surface area contributed by atoms with Crippen molar-refractivity contribution < 1.29 is 4.79 Å². The van der Waals surface area contributed by atoms with E-state index < -0.39 is 0 Å². The summed E-state index contributed by atoms with van der Waals surface area (Å²) in [5, 5.41) is 3.01. The van der Waals surface area contributed by atoms with Gasteiger partial charge >= 0.3 is 6.03 Å². The van der Waals surface area contributed by atoms with Crippen LogP contribution in [-0.2, 0) is 12.8 Å². The van der Waals surface area contributed by atoms with Gasteiger partial charge in [-0.25, -0.2) is 4.79 Å². The largest absolute Gasteiger partial charge is 0.335 e. The van der Waals surface area contributed by atoms with Crippen LogP contribution in [0.5, 0.6) is 0 Å². The van der Waals surface area contributed by atoms with Crippen molar-refractivity contribution in [2.24, 2.45) is 0 Å². The number of carbonyl (C=O) groups excluding carboxylic acids is 1. The molecule has 0 saturated heterocycles. The SMILES string of the molecule is CN(C)C(=O)NC1Cc2ccccc2C1. The molecule has 0 radical (unpaired) electrons. The molecule has 0 atom stereocenters. The summed E-state index contributed by atoms with van der Waals surface area (Å²) in [5.41, 5.74) is 2.73. The molecule has 2 rings (SSSR count). The number of nitrogens with one attached hydrogen (secondary N) is 1. The first-order valence-corrected chi connectivity index (χ1v) is 5.21. The molecule has 0 spiro atoms. The predicted octanol–water partition coefficient (Wildman–Crippen LogP) is 1.42. The molecule has 0 heterocycles. The van der Waals surface area contributed by atoms with Crippen molar-refractivity contribution in [3.63, 3.8) is 0 Å². The molecule has 1 aliphatic carbocycles. The summed E-state index contributed by atoms with van der Waals surface area (Å²) in [6.07, 6.45) is 1.91. The van der Waals surface area contributed by atoms with Crippen LogP contribution >= 0.6 is 0 Å². The van der Waals surface area contributed by atoms with E-state index in [-0.39, 0.29) is 12.1 Å². The first-order valence-electron chi connectivity index (χ1n) is 5.21. The lowest BCUT2D eigenvalue weighted by Crippen LogP contribution is -2.41. The molecule has 0 unspecified atom stereocenters. The van der Waals surface area contributed by atoms with E-state index in [0.29, 0.717) is 0 Å². The van der Waals surface area contributed by atoms with Crippen LogP contribution in [-0.4, -0.2) is 31.1 Å². The van der Waals surface area contributed by atoms with Gasteiger partial charge < -0.3 is 10.2 Å². The maximum absolute atomic E-state index is 11.5. The summed E-state index contributed by atoms with van der Waals surface area (Å²) < 4.78 is 0. The molecule has 0 saturated carbocycles. The smallest absolute Gasteiger partial charge is 0.317 e. The lowest BCUT2D eigenvalue weighted by Gasteiger charge is -2.16. The van der Waals surface area contributed by atoms with Crippen LogP contribution in [0, 0.1) is 0 Å². The molecule has 80 valence electrons. The van der Waals surface area contributed by atoms with Crippen LogP contribution in [0.25, 0.3) is 0 Å². The zero-order valence-corrected chi connectivity index (χ0v) is 9.16. The third-order valence-electron chi connectivity index (χ3n) is 2.78. The van der Waals surface area contributed by atoms with Crippen molar-refractivity contribution in [1.82, 2.24) is 10.2 Å². The zero-order chi connectivity index (χ0) is 10.8. The van der Waals surface area contributed by atoms with Crippen molar-refractivity contribution >= 4 is 6.03 Å². The number of fused-ring (bicyclic) bond motifs is 1. The average molecular weight is 204 g/mol. The summed E-state index contributed by atoms with van der Waals surface area (Å²) >= 11 is 0. The van der Waals surface area contributed by atoms with E-state index in [1.807, 2.05) is 0 Å². The van der Waals surface area contributed by atoms with Crippen LogP contribution in [0.1, 0.15) is 11.1 Å². The molecule has 1 aromatic rings. The molecule has 1 aliphatic rings. The number of hydrogen-bond acceptors (Lipinski definition) is 1. The molecule has 0 bridgehead atoms. The summed E-state index contributed by atoms with van der Waals surface area (Å²) in [4.78, 5) is 13.0. The number of rotatable bonds is 1. The van der Waals surface area contributed by atoms with Crippen molar-refractivity contribution in [1.29, 1.82) is 0 Å². The minimum Gasteiger partial charge on any atom is -0.335 e. The summed E-state index contributed by atoms with van der Waals surface area (Å²) in [7, 11) is 3.52. The minimum atomic E-state index is -0.00666. The quantitative estimate of drug-likeness (QED) is 0.737. The standard InChI is InChI=1S/C12H16N2O/c1-14(2)12(15)13-11-7-9-5-3-4-6-10(9)8-11/h3-6,11H,7-8H2,1-2H3,(H,13,15). The Morgan fingerprint density at radius 1 is 1.27 bits per heavy atom. The Morgan fingerprint density at radius 3 is 2.27 bits per heavy atom. The normalized spacial score (nSPS) is 14.8. The van der Waals surface area contributed by atoms with Gasteiger partial charge in [0.15, 0.2) is 0 Å². The summed E-state index contributed by atoms with van der Waals surface area (Å²) in [6, 6.07) is 8.63. The molecule has 3 heteroatoms. The van der Waals surface area contributed by atoms with Crippen LogP contribution in [0.15, 0.2) is 24.3 Å². The molecular weight excluding hydrogens is 188 g/mol. The topological polar surface area (TPSA) is 32.3 Å². The number of carbonyl (C=O) groups is 1. The minimum absolute atomic E-state index is 0.00666. The maximum Gasteiger partial charge on any atom is 0.317 e. The fourth-order valence-corrected chi connectivity index (χ4v) is 1.96. The van der Waals surface area contributed by atoms with Gasteiger partial charge in [-0.2, -0.15) is 0 Å². The second-order valence-corrected chi connectivity index (χ2v) is 4.22. The Kier molecular flexibility index (Phi) is 2.62. The van der Waals surface area contributed by atoms with Gasteiger partial charge in [0.25, 0.3) is 0 Å². The molecule has 1 aromatic carbocycles. The second kappa shape index (κ2) is 3.93. The van der Waals surface area contributed by atoms with E-state index >= 15 is 0 Å². The highest BCUT2D eigenvalue weighted by atomic mass is 16.2. The average Bonchev–Trinajstić information content (AvgIpc) is 2.59. The van der Waals surface area contributed by atoms with Gasteiger partial charge in [0.2, 0.25) is 0 Å². The number of amides is 2. The van der Waals surface area contributed by atoms with Gasteiger partial charge in [-0.1, -0.05) is 24.3 Å². The molecule has 0 fully saturated rings. The molecular formula is C12H16N2O. The summed E-state index contributed by atoms with van der Waals surface area (Å²) in [5.74, 6) is 0. The molecule has 1 N–H and O–H groups in total. The van der Waals surface area contributed by atoms with Gasteiger partial charge in [0.05, 0.1) is 0 Å². The van der Waals surface area contributed by atoms with E-state index in [0.717, 1.165) is 12.8 Å². The van der Waals surface area contributed by atoms with Gasteiger partial charge in [-0.3, -0.25) is 0 Å². The van der Waals surface area contributed by atoms with Crippen LogP contribution < -0.4 is 5.32 Å². The van der Waals surface area contributed by atoms with Gasteiger partial charge in [-0.05, 0) is 24.0 Å². The van der Waals surface area contributed by atoms with E-state index in [4.69, 9.17) is 0 Å². The molecule has 0 aliphatic heterocycles. The molecule has 15 heavy (non-hydrogen) atoms. The first kappa shape index (κ1) is 10.0. The van der Waals surface area contributed by atoms with E-state index in [2.05, 4.69) is 29.6 Å². The highest BCUT2D eigenvalue weighted by Gasteiger charge is 2.22. The summed E-state index contributed by atoms with van der Waals surface area (Å²) in [6.45, 7) is 0. The number of hydrogen-bond donors (Lipinski definition) is 1. The van der Waals surface area contributed by atoms with E-state index in [9.17, 15) is 4.79 Å². The van der Waals surface area contributed by atoms with E-state index in [1.165, 1.54) is 11.1 Å². The molecule has 0 aromatic heterocycles. The Balaban J connectivity index is 1.99. The fourth-order valence-electron chi connectivity index (χ4n) is 1.96. The van der Waals surface area contributed by atoms with Crippen molar-refractivity contribution in [3.05, 3.63) is 35.4 Å². The van der Waals surface area contributed by atoms with Crippen LogP contribution in [0.2, 0.25) is 0 Å². The third-order valence-corrected chi connectivity index (χ3v) is 2.78. The third kappa shape index (κ3) is 2.12. The molecule has 2 amide bonds. The maximum atomic E-state index is 11.5. The zero-order valence-electron chi connectivity index (χ0n) is 9.16. The highest BCUT2D eigenvalue weighted by molar-refractivity contribution is 5.74. The lowest BCUT2D eigenvalue weighted by atomic mass is 10.1. The van der Waals surface area contributed by atoms with Gasteiger partial charge in [0, 0.05) is 20.1 Å². The Morgan fingerprint density at radius 2 is 1.80 bits per heavy atom. The van der Waals surface area contributed by atoms with Crippen molar-refractivity contribution in [2.45, 2.75) is 18.9 Å². The lowest BCUT2D eigenvalue weighted by molar-refractivity contribution is 0.213. The van der Waals surface area contributed by atoms with E-state index in [1.54, 1.807) is 19.0 Å². The monoisotopic (exact) mass is 204 g/mol. The van der Waals surface area contributed by atoms with Crippen LogP contribution in [0.3, 0.4) is 0 Å². The predicted molar refractivity (Wildman–Crippen MR) is 59.9 cm³/mol. The first-order chi connectivity index (χ1) is 7.16. The number of benzene rings is 1. The Labute approximate surface area is 90.1 Å². The fraction of sp³-hybridized carbons (Fsp3) is 0.417. The van der Waals surface area contributed by atoms with Crippen molar-refractivity contribution in [2.75, 3.05) is 14.1 Å². The number of urea groups is 1. The Hall–Kier alpha value is -1.51.